The normalized spacial score (nSPS) is 22.5. The number of ether oxygens (including phenoxy) is 1. The first-order valence-electron chi connectivity index (χ1n) is 5.49. The Hall–Kier alpha value is -0.550. The molecule has 2 atom stereocenters. The van der Waals surface area contributed by atoms with Crippen LogP contribution in [-0.4, -0.2) is 12.7 Å². The summed E-state index contributed by atoms with van der Waals surface area (Å²) in [5.74, 6) is -2.96. The molecule has 1 saturated heterocycles. The molecule has 0 N–H and O–H groups in total. The van der Waals surface area contributed by atoms with E-state index in [4.69, 9.17) is 4.74 Å². The van der Waals surface area contributed by atoms with E-state index in [1.807, 2.05) is 0 Å². The lowest BCUT2D eigenvalue weighted by atomic mass is 10.0. The van der Waals surface area contributed by atoms with Crippen LogP contribution < -0.4 is 0 Å². The molecule has 0 spiro atoms. The molecule has 94 valence electrons. The Kier molecular flexibility index (Phi) is 4.09. The Bertz CT molecular complexity index is 405. The molecule has 0 amide bonds. The van der Waals surface area contributed by atoms with E-state index in [9.17, 15) is 13.2 Å². The van der Waals surface area contributed by atoms with Gasteiger partial charge in [0.2, 0.25) is 0 Å². The summed E-state index contributed by atoms with van der Waals surface area (Å²) in [6.45, 7) is 0.623. The summed E-state index contributed by atoms with van der Waals surface area (Å²) in [5, 5.41) is 0. The molecule has 1 fully saturated rings. The van der Waals surface area contributed by atoms with Gasteiger partial charge in [0.05, 0.1) is 10.9 Å². The van der Waals surface area contributed by atoms with Gasteiger partial charge in [-0.25, -0.2) is 13.2 Å². The molecule has 1 aliphatic heterocycles. The Labute approximate surface area is 106 Å². The van der Waals surface area contributed by atoms with Gasteiger partial charge in [0.1, 0.15) is 5.82 Å². The molecule has 0 bridgehead atoms. The summed E-state index contributed by atoms with van der Waals surface area (Å²) >= 11 is 3.30. The van der Waals surface area contributed by atoms with Crippen LogP contribution in [0.15, 0.2) is 12.1 Å². The zero-order chi connectivity index (χ0) is 12.4. The first-order chi connectivity index (χ1) is 8.09. The van der Waals surface area contributed by atoms with E-state index < -0.39 is 22.3 Å². The highest BCUT2D eigenvalue weighted by molar-refractivity contribution is 9.09. The summed E-state index contributed by atoms with van der Waals surface area (Å²) in [5.41, 5.74) is 0.107. The van der Waals surface area contributed by atoms with Crippen LogP contribution in [0.25, 0.3) is 0 Å². The molecule has 2 unspecified atom stereocenters. The van der Waals surface area contributed by atoms with Crippen molar-refractivity contribution >= 4 is 15.9 Å². The van der Waals surface area contributed by atoms with E-state index in [-0.39, 0.29) is 11.7 Å². The van der Waals surface area contributed by atoms with Gasteiger partial charge in [-0.3, -0.25) is 0 Å². The van der Waals surface area contributed by atoms with Gasteiger partial charge in [-0.1, -0.05) is 15.9 Å². The molecule has 2 rings (SSSR count). The molecule has 0 saturated carbocycles. The third-order valence-electron chi connectivity index (χ3n) is 2.88. The molecule has 0 aliphatic carbocycles. The van der Waals surface area contributed by atoms with Crippen molar-refractivity contribution in [3.63, 3.8) is 0 Å². The lowest BCUT2D eigenvalue weighted by molar-refractivity contribution is 0.0155. The first-order valence-corrected chi connectivity index (χ1v) is 6.41. The largest absolute Gasteiger partial charge is 0.377 e. The van der Waals surface area contributed by atoms with E-state index in [0.29, 0.717) is 12.7 Å². The van der Waals surface area contributed by atoms with Gasteiger partial charge in [-0.05, 0) is 25.3 Å². The van der Waals surface area contributed by atoms with E-state index in [1.54, 1.807) is 0 Å². The topological polar surface area (TPSA) is 9.23 Å². The van der Waals surface area contributed by atoms with Crippen LogP contribution in [0, 0.1) is 17.5 Å². The van der Waals surface area contributed by atoms with Crippen molar-refractivity contribution in [1.29, 1.82) is 0 Å². The molecule has 1 aliphatic rings. The summed E-state index contributed by atoms with van der Waals surface area (Å²) in [6, 6.07) is 1.46. The molecule has 0 radical (unpaired) electrons. The second-order valence-electron chi connectivity index (χ2n) is 4.09. The van der Waals surface area contributed by atoms with Crippen LogP contribution in [0.5, 0.6) is 0 Å². The van der Waals surface area contributed by atoms with Gasteiger partial charge in [0, 0.05) is 18.2 Å². The average Bonchev–Trinajstić information content (AvgIpc) is 2.34. The van der Waals surface area contributed by atoms with Crippen molar-refractivity contribution in [1.82, 2.24) is 0 Å². The van der Waals surface area contributed by atoms with Crippen LogP contribution in [0.1, 0.15) is 29.7 Å². The van der Waals surface area contributed by atoms with E-state index in [0.717, 1.165) is 25.3 Å². The number of hydrogen-bond donors (Lipinski definition) is 0. The molecular formula is C12H12BrF3O. The Balaban J connectivity index is 2.23. The quantitative estimate of drug-likeness (QED) is 0.590. The van der Waals surface area contributed by atoms with E-state index in [2.05, 4.69) is 15.9 Å². The standard InChI is InChI=1S/C12H12BrF3O/c13-12(11-3-1-2-4-17-11)7-5-9(15)10(16)6-8(7)14/h5-6,11-12H,1-4H2. The molecule has 0 aromatic heterocycles. The van der Waals surface area contributed by atoms with Crippen molar-refractivity contribution in [2.24, 2.45) is 0 Å². The lowest BCUT2D eigenvalue weighted by Gasteiger charge is -2.27. The predicted molar refractivity (Wildman–Crippen MR) is 61.6 cm³/mol. The number of halogens is 4. The molecular weight excluding hydrogens is 297 g/mol. The third-order valence-corrected chi connectivity index (χ3v) is 3.96. The molecule has 17 heavy (non-hydrogen) atoms. The zero-order valence-corrected chi connectivity index (χ0v) is 10.6. The van der Waals surface area contributed by atoms with Gasteiger partial charge >= 0.3 is 0 Å². The average molecular weight is 309 g/mol. The van der Waals surface area contributed by atoms with Crippen LogP contribution in [0.2, 0.25) is 0 Å². The highest BCUT2D eigenvalue weighted by Gasteiger charge is 2.27. The van der Waals surface area contributed by atoms with E-state index >= 15 is 0 Å². The smallest absolute Gasteiger partial charge is 0.161 e. The fourth-order valence-electron chi connectivity index (χ4n) is 1.95. The maximum atomic E-state index is 13.5. The minimum atomic E-state index is -1.17. The SMILES string of the molecule is Fc1cc(F)c(C(Br)C2CCCCO2)cc1F. The van der Waals surface area contributed by atoms with Crippen LogP contribution in [0.4, 0.5) is 13.2 Å². The van der Waals surface area contributed by atoms with Crippen LogP contribution in [-0.2, 0) is 4.74 Å². The van der Waals surface area contributed by atoms with E-state index in [1.165, 1.54) is 0 Å². The first kappa shape index (κ1) is 12.9. The lowest BCUT2D eigenvalue weighted by Crippen LogP contribution is -2.24. The monoisotopic (exact) mass is 308 g/mol. The minimum Gasteiger partial charge on any atom is -0.377 e. The fraction of sp³-hybridized carbons (Fsp3) is 0.500. The van der Waals surface area contributed by atoms with Gasteiger partial charge in [-0.2, -0.15) is 0 Å². The highest BCUT2D eigenvalue weighted by Crippen LogP contribution is 2.35. The molecule has 5 heteroatoms. The van der Waals surface area contributed by atoms with Crippen LogP contribution >= 0.6 is 15.9 Å². The predicted octanol–water partition coefficient (Wildman–Crippen LogP) is 4.11. The zero-order valence-electron chi connectivity index (χ0n) is 9.06. The molecule has 1 heterocycles. The minimum absolute atomic E-state index is 0.107. The van der Waals surface area contributed by atoms with Crippen molar-refractivity contribution in [2.75, 3.05) is 6.61 Å². The maximum absolute atomic E-state index is 13.5. The third kappa shape index (κ3) is 2.83. The van der Waals surface area contributed by atoms with Crippen molar-refractivity contribution in [3.8, 4) is 0 Å². The van der Waals surface area contributed by atoms with Crippen molar-refractivity contribution < 1.29 is 17.9 Å². The Morgan fingerprint density at radius 3 is 2.47 bits per heavy atom. The Morgan fingerprint density at radius 2 is 1.82 bits per heavy atom. The second kappa shape index (κ2) is 5.40. The second-order valence-corrected chi connectivity index (χ2v) is 5.08. The van der Waals surface area contributed by atoms with Gasteiger partial charge < -0.3 is 4.74 Å². The van der Waals surface area contributed by atoms with Gasteiger partial charge in [0.25, 0.3) is 0 Å². The number of alkyl halides is 1. The van der Waals surface area contributed by atoms with Crippen LogP contribution in [0.3, 0.4) is 0 Å². The summed E-state index contributed by atoms with van der Waals surface area (Å²) in [7, 11) is 0. The molecule has 1 aromatic rings. The molecule has 1 aromatic carbocycles. The highest BCUT2D eigenvalue weighted by atomic mass is 79.9. The summed E-state index contributed by atoms with van der Waals surface area (Å²) < 4.78 is 44.9. The summed E-state index contributed by atoms with van der Waals surface area (Å²) in [4.78, 5) is -0.446. The maximum Gasteiger partial charge on any atom is 0.161 e. The van der Waals surface area contributed by atoms with Gasteiger partial charge in [0.15, 0.2) is 11.6 Å². The number of rotatable bonds is 2. The summed E-state index contributed by atoms with van der Waals surface area (Å²) in [6.07, 6.45) is 2.58. The number of hydrogen-bond acceptors (Lipinski definition) is 1. The van der Waals surface area contributed by atoms with Gasteiger partial charge in [-0.15, -0.1) is 0 Å². The number of benzene rings is 1. The molecule has 1 nitrogen and oxygen atoms in total. The van der Waals surface area contributed by atoms with Crippen molar-refractivity contribution in [3.05, 3.63) is 35.1 Å². The fourth-order valence-corrected chi connectivity index (χ4v) is 2.71. The van der Waals surface area contributed by atoms with Crippen molar-refractivity contribution in [2.45, 2.75) is 30.2 Å². The Morgan fingerprint density at radius 1 is 1.12 bits per heavy atom.